The summed E-state index contributed by atoms with van der Waals surface area (Å²) in [6.45, 7) is 0. The minimum atomic E-state index is -0.896. The van der Waals surface area contributed by atoms with E-state index in [4.69, 9.17) is 11.0 Å². The third-order valence-electron chi connectivity index (χ3n) is 3.07. The summed E-state index contributed by atoms with van der Waals surface area (Å²) in [7, 11) is 0. The van der Waals surface area contributed by atoms with Crippen LogP contribution in [0.25, 0.3) is 16.6 Å². The molecule has 2 aromatic carbocycles. The molecular formula is C14H7F3N4. The van der Waals surface area contributed by atoms with Crippen LogP contribution in [-0.4, -0.2) is 9.78 Å². The van der Waals surface area contributed by atoms with Gasteiger partial charge < -0.3 is 5.73 Å². The van der Waals surface area contributed by atoms with Crippen molar-refractivity contribution in [2.24, 2.45) is 0 Å². The highest BCUT2D eigenvalue weighted by molar-refractivity contribution is 5.90. The largest absolute Gasteiger partial charge is 0.382 e. The summed E-state index contributed by atoms with van der Waals surface area (Å²) in [6, 6.07) is 7.21. The molecule has 0 amide bonds. The molecule has 0 fully saturated rings. The van der Waals surface area contributed by atoms with Crippen LogP contribution in [0, 0.1) is 28.8 Å². The van der Waals surface area contributed by atoms with E-state index < -0.39 is 23.0 Å². The van der Waals surface area contributed by atoms with Gasteiger partial charge in [0.15, 0.2) is 5.82 Å². The molecule has 0 saturated heterocycles. The number of nitrogens with two attached hydrogens (primary N) is 1. The van der Waals surface area contributed by atoms with Crippen LogP contribution in [0.4, 0.5) is 19.0 Å². The number of nitrogens with zero attached hydrogens (tertiary/aromatic N) is 3. The third kappa shape index (κ3) is 1.89. The van der Waals surface area contributed by atoms with Crippen molar-refractivity contribution in [1.82, 2.24) is 9.78 Å². The predicted molar refractivity (Wildman–Crippen MR) is 70.1 cm³/mol. The Bertz CT molecular complexity index is 909. The van der Waals surface area contributed by atoms with E-state index >= 15 is 0 Å². The van der Waals surface area contributed by atoms with Crippen molar-refractivity contribution >= 4 is 16.7 Å². The molecule has 0 aliphatic carbocycles. The minimum Gasteiger partial charge on any atom is -0.382 e. The predicted octanol–water partition coefficient (Wildman–Crippen LogP) is 2.90. The zero-order valence-corrected chi connectivity index (χ0v) is 10.4. The van der Waals surface area contributed by atoms with E-state index in [-0.39, 0.29) is 22.4 Å². The van der Waals surface area contributed by atoms with Gasteiger partial charge in [-0.15, -0.1) is 5.10 Å². The second-order valence-electron chi connectivity index (χ2n) is 4.33. The molecule has 0 unspecified atom stereocenters. The molecule has 0 aliphatic rings. The van der Waals surface area contributed by atoms with Gasteiger partial charge >= 0.3 is 0 Å². The lowest BCUT2D eigenvalue weighted by atomic mass is 10.2. The summed E-state index contributed by atoms with van der Waals surface area (Å²) in [6.07, 6.45) is 0. The van der Waals surface area contributed by atoms with Crippen molar-refractivity contribution in [3.05, 3.63) is 53.3 Å². The maximum absolute atomic E-state index is 14.0. The molecule has 3 rings (SSSR count). The summed E-state index contributed by atoms with van der Waals surface area (Å²) in [5.41, 5.74) is 5.15. The van der Waals surface area contributed by atoms with Gasteiger partial charge in [-0.3, -0.25) is 0 Å². The lowest BCUT2D eigenvalue weighted by Crippen LogP contribution is -2.02. The van der Waals surface area contributed by atoms with Crippen molar-refractivity contribution in [2.75, 3.05) is 5.73 Å². The van der Waals surface area contributed by atoms with Crippen molar-refractivity contribution in [2.45, 2.75) is 0 Å². The van der Waals surface area contributed by atoms with Gasteiger partial charge in [-0.2, -0.15) is 5.26 Å². The molecule has 4 nitrogen and oxygen atoms in total. The molecule has 0 spiro atoms. The van der Waals surface area contributed by atoms with Crippen LogP contribution >= 0.6 is 0 Å². The van der Waals surface area contributed by atoms with E-state index in [9.17, 15) is 13.2 Å². The number of fused-ring (bicyclic) bond motifs is 1. The number of halogens is 3. The number of benzene rings is 2. The normalized spacial score (nSPS) is 10.8. The number of rotatable bonds is 1. The first-order chi connectivity index (χ1) is 10.0. The first kappa shape index (κ1) is 13.0. The van der Waals surface area contributed by atoms with Gasteiger partial charge in [0.1, 0.15) is 29.2 Å². The summed E-state index contributed by atoms with van der Waals surface area (Å²) in [5.74, 6) is -2.49. The van der Waals surface area contributed by atoms with Crippen molar-refractivity contribution in [3.8, 4) is 11.8 Å². The SMILES string of the molecule is N#Cc1cc(F)c(-n2nc(N)c3c(F)cccc32)cc1F. The van der Waals surface area contributed by atoms with Gasteiger partial charge in [0.2, 0.25) is 0 Å². The summed E-state index contributed by atoms with van der Waals surface area (Å²) in [5, 5.41) is 12.5. The van der Waals surface area contributed by atoms with E-state index in [0.29, 0.717) is 0 Å². The van der Waals surface area contributed by atoms with Crippen molar-refractivity contribution in [3.63, 3.8) is 0 Å². The summed E-state index contributed by atoms with van der Waals surface area (Å²) >= 11 is 0. The van der Waals surface area contributed by atoms with Crippen LogP contribution in [0.15, 0.2) is 30.3 Å². The number of anilines is 1. The Morgan fingerprint density at radius 2 is 1.86 bits per heavy atom. The van der Waals surface area contributed by atoms with Crippen LogP contribution in [0.1, 0.15) is 5.56 Å². The zero-order valence-electron chi connectivity index (χ0n) is 10.4. The molecule has 7 heteroatoms. The number of aromatic nitrogens is 2. The third-order valence-corrected chi connectivity index (χ3v) is 3.07. The average molecular weight is 288 g/mol. The number of hydrogen-bond acceptors (Lipinski definition) is 3. The van der Waals surface area contributed by atoms with Crippen molar-refractivity contribution in [1.29, 1.82) is 5.26 Å². The molecule has 1 aromatic heterocycles. The molecule has 21 heavy (non-hydrogen) atoms. The maximum atomic E-state index is 14.0. The first-order valence-electron chi connectivity index (χ1n) is 5.85. The van der Waals surface area contributed by atoms with Crippen LogP contribution < -0.4 is 5.73 Å². The molecule has 0 bridgehead atoms. The van der Waals surface area contributed by atoms with Crippen LogP contribution in [0.5, 0.6) is 0 Å². The number of nitrogen functional groups attached to an aromatic ring is 1. The fourth-order valence-corrected chi connectivity index (χ4v) is 2.12. The molecule has 1 heterocycles. The zero-order chi connectivity index (χ0) is 15.1. The lowest BCUT2D eigenvalue weighted by Gasteiger charge is -2.06. The van der Waals surface area contributed by atoms with Crippen LogP contribution in [-0.2, 0) is 0 Å². The first-order valence-corrected chi connectivity index (χ1v) is 5.85. The number of nitriles is 1. The topological polar surface area (TPSA) is 67.6 Å². The van der Waals surface area contributed by atoms with Gasteiger partial charge in [0, 0.05) is 6.07 Å². The van der Waals surface area contributed by atoms with E-state index in [1.54, 1.807) is 0 Å². The highest BCUT2D eigenvalue weighted by Crippen LogP contribution is 2.28. The molecule has 0 radical (unpaired) electrons. The van der Waals surface area contributed by atoms with Gasteiger partial charge in [0.05, 0.1) is 16.5 Å². The smallest absolute Gasteiger partial charge is 0.156 e. The molecule has 2 N–H and O–H groups in total. The fraction of sp³-hybridized carbons (Fsp3) is 0. The van der Waals surface area contributed by atoms with Gasteiger partial charge in [-0.05, 0) is 18.2 Å². The summed E-state index contributed by atoms with van der Waals surface area (Å²) < 4.78 is 42.4. The van der Waals surface area contributed by atoms with E-state index in [0.717, 1.165) is 16.8 Å². The fourth-order valence-electron chi connectivity index (χ4n) is 2.12. The Labute approximate surface area is 116 Å². The Morgan fingerprint density at radius 1 is 1.10 bits per heavy atom. The standard InChI is InChI=1S/C14H7F3N4/c15-8-2-1-3-11-13(8)14(19)20-21(11)12-5-9(16)7(6-18)4-10(12)17/h1-5H,(H2,19,20). The molecular weight excluding hydrogens is 281 g/mol. The van der Waals surface area contributed by atoms with Crippen LogP contribution in [0.2, 0.25) is 0 Å². The number of hydrogen-bond donors (Lipinski definition) is 1. The molecule has 0 saturated carbocycles. The molecule has 0 atom stereocenters. The Hall–Kier alpha value is -3.01. The highest BCUT2D eigenvalue weighted by atomic mass is 19.1. The van der Waals surface area contributed by atoms with Crippen LogP contribution in [0.3, 0.4) is 0 Å². The van der Waals surface area contributed by atoms with E-state index in [2.05, 4.69) is 5.10 Å². The monoisotopic (exact) mass is 288 g/mol. The minimum absolute atomic E-state index is 0.0293. The highest BCUT2D eigenvalue weighted by Gasteiger charge is 2.17. The summed E-state index contributed by atoms with van der Waals surface area (Å²) in [4.78, 5) is 0. The average Bonchev–Trinajstić information content (AvgIpc) is 2.79. The quantitative estimate of drug-likeness (QED) is 0.748. The second-order valence-corrected chi connectivity index (χ2v) is 4.33. The Morgan fingerprint density at radius 3 is 2.57 bits per heavy atom. The maximum Gasteiger partial charge on any atom is 0.156 e. The Kier molecular flexibility index (Phi) is 2.80. The van der Waals surface area contributed by atoms with E-state index in [1.165, 1.54) is 24.3 Å². The van der Waals surface area contributed by atoms with Gasteiger partial charge in [-0.1, -0.05) is 6.07 Å². The molecule has 104 valence electrons. The molecule has 3 aromatic rings. The van der Waals surface area contributed by atoms with Crippen molar-refractivity contribution < 1.29 is 13.2 Å². The lowest BCUT2D eigenvalue weighted by molar-refractivity contribution is 0.586. The van der Waals surface area contributed by atoms with Gasteiger partial charge in [-0.25, -0.2) is 17.9 Å². The Balaban J connectivity index is 2.35. The second kappa shape index (κ2) is 4.52. The van der Waals surface area contributed by atoms with E-state index in [1.807, 2.05) is 0 Å². The van der Waals surface area contributed by atoms with Gasteiger partial charge in [0.25, 0.3) is 0 Å². The molecule has 0 aliphatic heterocycles.